The lowest BCUT2D eigenvalue weighted by Gasteiger charge is -2.28. The van der Waals surface area contributed by atoms with Crippen LogP contribution in [0.5, 0.6) is 0 Å². The highest BCUT2D eigenvalue weighted by Gasteiger charge is 2.31. The van der Waals surface area contributed by atoms with E-state index in [0.29, 0.717) is 22.4 Å². The van der Waals surface area contributed by atoms with E-state index in [1.165, 1.54) is 19.2 Å². The summed E-state index contributed by atoms with van der Waals surface area (Å²) in [5.74, 6) is -1.80. The molecule has 2 aromatic carbocycles. The van der Waals surface area contributed by atoms with Crippen molar-refractivity contribution in [3.8, 4) is 0 Å². The van der Waals surface area contributed by atoms with Crippen LogP contribution in [0, 0.1) is 5.82 Å². The maximum Gasteiger partial charge on any atom is 0.410 e. The van der Waals surface area contributed by atoms with Crippen molar-refractivity contribution in [3.63, 3.8) is 0 Å². The van der Waals surface area contributed by atoms with Crippen molar-refractivity contribution in [2.45, 2.75) is 25.4 Å². The topological polar surface area (TPSA) is 109 Å². The van der Waals surface area contributed by atoms with Crippen LogP contribution in [0.1, 0.15) is 16.7 Å². The number of rotatable bonds is 9. The third kappa shape index (κ3) is 6.86. The summed E-state index contributed by atoms with van der Waals surface area (Å²) in [6, 6.07) is 14.6. The van der Waals surface area contributed by atoms with Gasteiger partial charge in [-0.05, 0) is 47.0 Å². The third-order valence-corrected chi connectivity index (χ3v) is 5.09. The van der Waals surface area contributed by atoms with Gasteiger partial charge in [-0.25, -0.2) is 14.0 Å². The molecule has 0 saturated carbocycles. The number of carbonyl (C=O) groups is 3. The molecule has 176 valence electrons. The van der Waals surface area contributed by atoms with Crippen LogP contribution in [-0.2, 0) is 33.7 Å². The number of ether oxygens (including phenoxy) is 1. The number of nitrogens with one attached hydrogen (secondary N) is 1. The molecule has 0 unspecified atom stereocenters. The summed E-state index contributed by atoms with van der Waals surface area (Å²) in [4.78, 5) is 41.7. The highest BCUT2D eigenvalue weighted by atomic mass is 19.1. The SMILES string of the molecule is COC(=O)N(Cc1ccc(NC(=O)Cc2ccc(F)cc2)cc1)[C@@H](Cc1cccnc1)C(=O)O. The zero-order chi connectivity index (χ0) is 24.5. The summed E-state index contributed by atoms with van der Waals surface area (Å²) in [6.45, 7) is -0.00624. The van der Waals surface area contributed by atoms with Crippen LogP contribution in [0.3, 0.4) is 0 Å². The fraction of sp³-hybridized carbons (Fsp3) is 0.200. The molecule has 0 bridgehead atoms. The molecular weight excluding hydrogens is 441 g/mol. The van der Waals surface area contributed by atoms with Gasteiger partial charge >= 0.3 is 12.1 Å². The molecule has 0 aliphatic heterocycles. The fourth-order valence-electron chi connectivity index (χ4n) is 3.38. The van der Waals surface area contributed by atoms with Crippen molar-refractivity contribution >= 4 is 23.7 Å². The fourth-order valence-corrected chi connectivity index (χ4v) is 3.38. The quantitative estimate of drug-likeness (QED) is 0.499. The molecule has 1 aromatic heterocycles. The Morgan fingerprint density at radius 3 is 2.29 bits per heavy atom. The summed E-state index contributed by atoms with van der Waals surface area (Å²) in [6.07, 6.45) is 2.52. The van der Waals surface area contributed by atoms with Gasteiger partial charge in [-0.2, -0.15) is 0 Å². The molecular formula is C25H24FN3O5. The number of hydrogen-bond acceptors (Lipinski definition) is 5. The number of carbonyl (C=O) groups excluding carboxylic acids is 2. The number of hydrogen-bond donors (Lipinski definition) is 2. The number of nitrogens with zero attached hydrogens (tertiary/aromatic N) is 2. The van der Waals surface area contributed by atoms with Gasteiger partial charge in [0.2, 0.25) is 5.91 Å². The van der Waals surface area contributed by atoms with Gasteiger partial charge in [-0.1, -0.05) is 30.3 Å². The van der Waals surface area contributed by atoms with Gasteiger partial charge in [0.15, 0.2) is 0 Å². The van der Waals surface area contributed by atoms with Crippen LogP contribution < -0.4 is 5.32 Å². The molecule has 3 aromatic rings. The van der Waals surface area contributed by atoms with Crippen molar-refractivity contribution < 1.29 is 28.6 Å². The average molecular weight is 465 g/mol. The minimum atomic E-state index is -1.17. The van der Waals surface area contributed by atoms with Gasteiger partial charge in [-0.3, -0.25) is 14.7 Å². The second-order valence-corrected chi connectivity index (χ2v) is 7.57. The van der Waals surface area contributed by atoms with Crippen molar-refractivity contribution in [2.75, 3.05) is 12.4 Å². The Kier molecular flexibility index (Phi) is 8.28. The number of halogens is 1. The summed E-state index contributed by atoms with van der Waals surface area (Å²) >= 11 is 0. The molecule has 34 heavy (non-hydrogen) atoms. The van der Waals surface area contributed by atoms with E-state index in [1.807, 2.05) is 0 Å². The van der Waals surface area contributed by atoms with E-state index in [2.05, 4.69) is 10.3 Å². The van der Waals surface area contributed by atoms with Crippen molar-refractivity contribution in [1.82, 2.24) is 9.88 Å². The molecule has 2 amide bonds. The Balaban J connectivity index is 1.68. The van der Waals surface area contributed by atoms with Crippen LogP contribution in [0.2, 0.25) is 0 Å². The van der Waals surface area contributed by atoms with Crippen molar-refractivity contribution in [2.24, 2.45) is 0 Å². The Labute approximate surface area is 196 Å². The number of carboxylic acid groups (broad SMARTS) is 1. The van der Waals surface area contributed by atoms with Crippen LogP contribution in [-0.4, -0.2) is 46.1 Å². The molecule has 0 aliphatic carbocycles. The molecule has 0 aliphatic rings. The Morgan fingerprint density at radius 2 is 1.71 bits per heavy atom. The van der Waals surface area contributed by atoms with Crippen LogP contribution in [0.15, 0.2) is 73.1 Å². The Hall–Kier alpha value is -4.27. The van der Waals surface area contributed by atoms with Crippen LogP contribution in [0.25, 0.3) is 0 Å². The number of pyridine rings is 1. The van der Waals surface area contributed by atoms with Crippen molar-refractivity contribution in [1.29, 1.82) is 0 Å². The Morgan fingerprint density at radius 1 is 1.03 bits per heavy atom. The number of aromatic nitrogens is 1. The minimum Gasteiger partial charge on any atom is -0.480 e. The van der Waals surface area contributed by atoms with Gasteiger partial charge < -0.3 is 15.2 Å². The number of amides is 2. The first-order valence-electron chi connectivity index (χ1n) is 10.4. The van der Waals surface area contributed by atoms with Crippen LogP contribution >= 0.6 is 0 Å². The van der Waals surface area contributed by atoms with Crippen molar-refractivity contribution in [3.05, 3.63) is 95.6 Å². The van der Waals surface area contributed by atoms with Crippen LogP contribution in [0.4, 0.5) is 14.9 Å². The summed E-state index contributed by atoms with van der Waals surface area (Å²) < 4.78 is 17.8. The van der Waals surface area contributed by atoms with Gasteiger partial charge in [-0.15, -0.1) is 0 Å². The van der Waals surface area contributed by atoms with Gasteiger partial charge in [0, 0.05) is 31.0 Å². The lowest BCUT2D eigenvalue weighted by Crippen LogP contribution is -2.46. The normalized spacial score (nSPS) is 11.4. The highest BCUT2D eigenvalue weighted by Crippen LogP contribution is 2.17. The highest BCUT2D eigenvalue weighted by molar-refractivity contribution is 5.92. The lowest BCUT2D eigenvalue weighted by molar-refractivity contribution is -0.142. The predicted octanol–water partition coefficient (Wildman–Crippen LogP) is 3.67. The number of methoxy groups -OCH3 is 1. The molecule has 1 heterocycles. The first-order valence-corrected chi connectivity index (χ1v) is 10.4. The molecule has 2 N–H and O–H groups in total. The Bertz CT molecular complexity index is 1120. The second kappa shape index (κ2) is 11.6. The molecule has 1 atom stereocenters. The first-order chi connectivity index (χ1) is 16.4. The number of benzene rings is 2. The van der Waals surface area contributed by atoms with Gasteiger partial charge in [0.25, 0.3) is 0 Å². The zero-order valence-electron chi connectivity index (χ0n) is 18.5. The molecule has 0 fully saturated rings. The lowest BCUT2D eigenvalue weighted by atomic mass is 10.1. The predicted molar refractivity (Wildman–Crippen MR) is 122 cm³/mol. The van der Waals surface area contributed by atoms with E-state index in [9.17, 15) is 23.9 Å². The molecule has 0 spiro atoms. The summed E-state index contributed by atoms with van der Waals surface area (Å²) in [5, 5.41) is 12.5. The summed E-state index contributed by atoms with van der Waals surface area (Å²) in [7, 11) is 1.19. The minimum absolute atomic E-state index is 0.00624. The number of aliphatic carboxylic acids is 1. The zero-order valence-corrected chi connectivity index (χ0v) is 18.5. The van der Waals surface area contributed by atoms with E-state index >= 15 is 0 Å². The molecule has 0 radical (unpaired) electrons. The maximum absolute atomic E-state index is 13.0. The standard InChI is InChI=1S/C25H24FN3O5/c1-34-25(33)29(22(24(31)32)13-19-3-2-12-27-15-19)16-18-6-10-21(11-7-18)28-23(30)14-17-4-8-20(26)9-5-17/h2-12,15,22H,13-14,16H2,1H3,(H,28,30)(H,31,32)/t22-/m0/s1. The molecule has 3 rings (SSSR count). The monoisotopic (exact) mass is 465 g/mol. The average Bonchev–Trinajstić information content (AvgIpc) is 2.84. The van der Waals surface area contributed by atoms with E-state index in [0.717, 1.165) is 4.90 Å². The largest absolute Gasteiger partial charge is 0.480 e. The second-order valence-electron chi connectivity index (χ2n) is 7.57. The number of anilines is 1. The van der Waals surface area contributed by atoms with E-state index in [1.54, 1.807) is 60.9 Å². The third-order valence-electron chi connectivity index (χ3n) is 5.09. The van der Waals surface area contributed by atoms with E-state index in [-0.39, 0.29) is 31.1 Å². The van der Waals surface area contributed by atoms with E-state index < -0.39 is 18.1 Å². The smallest absolute Gasteiger partial charge is 0.410 e. The number of carboxylic acids is 1. The molecule has 8 nitrogen and oxygen atoms in total. The molecule has 9 heteroatoms. The van der Waals surface area contributed by atoms with E-state index in [4.69, 9.17) is 4.74 Å². The first kappa shape index (κ1) is 24.4. The van der Waals surface area contributed by atoms with Gasteiger partial charge in [0.1, 0.15) is 11.9 Å². The molecule has 0 saturated heterocycles. The summed E-state index contributed by atoms with van der Waals surface area (Å²) in [5.41, 5.74) is 2.53. The maximum atomic E-state index is 13.0. The van der Waals surface area contributed by atoms with Gasteiger partial charge in [0.05, 0.1) is 13.5 Å².